The van der Waals surface area contributed by atoms with Gasteiger partial charge in [0.1, 0.15) is 5.03 Å². The smallest absolute Gasteiger partial charge is 0.272 e. The zero-order valence-electron chi connectivity index (χ0n) is 9.53. The van der Waals surface area contributed by atoms with Crippen molar-refractivity contribution < 1.29 is 9.59 Å². The lowest BCUT2D eigenvalue weighted by atomic mass is 10.1. The van der Waals surface area contributed by atoms with Crippen LogP contribution in [-0.2, 0) is 9.59 Å². The number of carbonyl (C=O) groups excluding carboxylic acids is 2. The van der Waals surface area contributed by atoms with E-state index in [-0.39, 0.29) is 16.5 Å². The molecular formula is C13H9ClN2O2. The molecular weight excluding hydrogens is 252 g/mol. The van der Waals surface area contributed by atoms with Crippen LogP contribution in [0.2, 0.25) is 0 Å². The normalized spacial score (nSPS) is 16.2. The fourth-order valence-electron chi connectivity index (χ4n) is 2.12. The van der Waals surface area contributed by atoms with Gasteiger partial charge in [-0.3, -0.25) is 14.5 Å². The zero-order chi connectivity index (χ0) is 12.9. The molecule has 0 saturated heterocycles. The summed E-state index contributed by atoms with van der Waals surface area (Å²) in [6.07, 6.45) is 1.70. The Bertz CT molecular complexity index is 715. The second-order valence-electron chi connectivity index (χ2n) is 4.11. The van der Waals surface area contributed by atoms with E-state index in [9.17, 15) is 9.59 Å². The molecule has 4 nitrogen and oxygen atoms in total. The first-order chi connectivity index (χ1) is 8.61. The summed E-state index contributed by atoms with van der Waals surface area (Å²) in [5.74, 6) is -0.822. The molecule has 0 radical (unpaired) electrons. The lowest BCUT2D eigenvalue weighted by Gasteiger charge is -2.05. The standard InChI is InChI=1S/C13H9ClN2O2/c1-16-12(17)10(11(14)13(16)18)8-6-15-9-5-3-2-4-7(8)9/h2-6,15H,1H3. The number of hydrogen-bond acceptors (Lipinski definition) is 2. The Morgan fingerprint density at radius 3 is 2.56 bits per heavy atom. The molecule has 0 spiro atoms. The van der Waals surface area contributed by atoms with Crippen molar-refractivity contribution in [2.24, 2.45) is 0 Å². The van der Waals surface area contributed by atoms with E-state index in [1.54, 1.807) is 6.20 Å². The first-order valence-corrected chi connectivity index (χ1v) is 5.77. The van der Waals surface area contributed by atoms with Gasteiger partial charge in [-0.05, 0) is 6.07 Å². The molecule has 0 unspecified atom stereocenters. The van der Waals surface area contributed by atoms with Gasteiger partial charge >= 0.3 is 0 Å². The van der Waals surface area contributed by atoms with Crippen LogP contribution in [-0.4, -0.2) is 28.7 Å². The van der Waals surface area contributed by atoms with Crippen LogP contribution >= 0.6 is 11.6 Å². The van der Waals surface area contributed by atoms with Crippen LogP contribution in [0.3, 0.4) is 0 Å². The minimum Gasteiger partial charge on any atom is -0.361 e. The molecule has 90 valence electrons. The fourth-order valence-corrected chi connectivity index (χ4v) is 2.43. The Morgan fingerprint density at radius 2 is 1.89 bits per heavy atom. The summed E-state index contributed by atoms with van der Waals surface area (Å²) in [6, 6.07) is 7.55. The molecule has 2 amide bonds. The average molecular weight is 261 g/mol. The first-order valence-electron chi connectivity index (χ1n) is 5.40. The van der Waals surface area contributed by atoms with Gasteiger partial charge in [0.15, 0.2) is 0 Å². The van der Waals surface area contributed by atoms with E-state index in [0.29, 0.717) is 5.56 Å². The Balaban J connectivity index is 2.28. The molecule has 3 rings (SSSR count). The summed E-state index contributed by atoms with van der Waals surface area (Å²) in [6.45, 7) is 0. The van der Waals surface area contributed by atoms with E-state index in [4.69, 9.17) is 11.6 Å². The maximum Gasteiger partial charge on any atom is 0.272 e. The number of fused-ring (bicyclic) bond motifs is 1. The number of nitrogens with zero attached hydrogens (tertiary/aromatic N) is 1. The van der Waals surface area contributed by atoms with Crippen molar-refractivity contribution in [1.29, 1.82) is 0 Å². The van der Waals surface area contributed by atoms with E-state index >= 15 is 0 Å². The third-order valence-corrected chi connectivity index (χ3v) is 3.44. The Labute approximate surface area is 108 Å². The van der Waals surface area contributed by atoms with Gasteiger partial charge in [0, 0.05) is 29.7 Å². The number of hydrogen-bond donors (Lipinski definition) is 1. The maximum absolute atomic E-state index is 12.0. The van der Waals surface area contributed by atoms with E-state index in [2.05, 4.69) is 4.98 Å². The highest BCUT2D eigenvalue weighted by Gasteiger charge is 2.36. The minimum absolute atomic E-state index is 0.0211. The second-order valence-corrected chi connectivity index (χ2v) is 4.48. The molecule has 1 aromatic carbocycles. The van der Waals surface area contributed by atoms with Crippen molar-refractivity contribution in [3.63, 3.8) is 0 Å². The molecule has 0 atom stereocenters. The lowest BCUT2D eigenvalue weighted by Crippen LogP contribution is -2.26. The number of H-pyrrole nitrogens is 1. The molecule has 0 aliphatic carbocycles. The largest absolute Gasteiger partial charge is 0.361 e. The van der Waals surface area contributed by atoms with Gasteiger partial charge < -0.3 is 4.98 Å². The van der Waals surface area contributed by atoms with Gasteiger partial charge in [-0.25, -0.2) is 0 Å². The number of aromatic amines is 1. The highest BCUT2D eigenvalue weighted by atomic mass is 35.5. The van der Waals surface area contributed by atoms with Crippen molar-refractivity contribution in [2.45, 2.75) is 0 Å². The van der Waals surface area contributed by atoms with Crippen molar-refractivity contribution in [3.05, 3.63) is 41.1 Å². The summed E-state index contributed by atoms with van der Waals surface area (Å²) in [7, 11) is 1.43. The van der Waals surface area contributed by atoms with Crippen LogP contribution in [0.1, 0.15) is 5.56 Å². The third-order valence-electron chi connectivity index (χ3n) is 3.09. The maximum atomic E-state index is 12.0. The highest BCUT2D eigenvalue weighted by Crippen LogP contribution is 2.34. The summed E-state index contributed by atoms with van der Waals surface area (Å²) in [4.78, 5) is 27.8. The van der Waals surface area contributed by atoms with Crippen molar-refractivity contribution >= 4 is 39.9 Å². The number of halogens is 1. The number of imide groups is 1. The number of carbonyl (C=O) groups is 2. The lowest BCUT2D eigenvalue weighted by molar-refractivity contribution is -0.134. The highest BCUT2D eigenvalue weighted by molar-refractivity contribution is 6.55. The molecule has 18 heavy (non-hydrogen) atoms. The number of benzene rings is 1. The summed E-state index contributed by atoms with van der Waals surface area (Å²) in [5, 5.41) is 0.856. The van der Waals surface area contributed by atoms with Crippen molar-refractivity contribution in [2.75, 3.05) is 7.05 Å². The van der Waals surface area contributed by atoms with Crippen LogP contribution in [0.15, 0.2) is 35.5 Å². The van der Waals surface area contributed by atoms with Gasteiger partial charge in [0.05, 0.1) is 5.57 Å². The first kappa shape index (κ1) is 11.0. The molecule has 1 aliphatic rings. The Morgan fingerprint density at radius 1 is 1.17 bits per heavy atom. The molecule has 1 aliphatic heterocycles. The predicted octanol–water partition coefficient (Wildman–Crippen LogP) is 2.12. The van der Waals surface area contributed by atoms with Crippen LogP contribution < -0.4 is 0 Å². The van der Waals surface area contributed by atoms with E-state index in [1.807, 2.05) is 24.3 Å². The average Bonchev–Trinajstić information content (AvgIpc) is 2.87. The van der Waals surface area contributed by atoms with E-state index in [1.165, 1.54) is 7.05 Å². The number of rotatable bonds is 1. The van der Waals surface area contributed by atoms with Crippen LogP contribution in [0.4, 0.5) is 0 Å². The zero-order valence-corrected chi connectivity index (χ0v) is 10.3. The molecule has 2 heterocycles. The number of aromatic nitrogens is 1. The molecule has 1 aromatic heterocycles. The third kappa shape index (κ3) is 1.32. The van der Waals surface area contributed by atoms with Crippen LogP contribution in [0, 0.1) is 0 Å². The van der Waals surface area contributed by atoms with Gasteiger partial charge in [-0.15, -0.1) is 0 Å². The number of likely N-dealkylation sites (N-methyl/N-ethyl adjacent to an activating group) is 1. The Hall–Kier alpha value is -2.07. The molecule has 1 N–H and O–H groups in total. The van der Waals surface area contributed by atoms with Crippen LogP contribution in [0.25, 0.3) is 16.5 Å². The molecule has 2 aromatic rings. The summed E-state index contributed by atoms with van der Waals surface area (Å²) >= 11 is 5.96. The van der Waals surface area contributed by atoms with Gasteiger partial charge in [-0.2, -0.15) is 0 Å². The molecule has 5 heteroatoms. The predicted molar refractivity (Wildman–Crippen MR) is 68.8 cm³/mol. The monoisotopic (exact) mass is 260 g/mol. The fraction of sp³-hybridized carbons (Fsp3) is 0.0769. The van der Waals surface area contributed by atoms with Crippen LogP contribution in [0.5, 0.6) is 0 Å². The SMILES string of the molecule is CN1C(=O)C(Cl)=C(c2c[nH]c3ccccc23)C1=O. The molecule has 0 bridgehead atoms. The van der Waals surface area contributed by atoms with E-state index in [0.717, 1.165) is 15.8 Å². The number of para-hydroxylation sites is 1. The van der Waals surface area contributed by atoms with Gasteiger partial charge in [-0.1, -0.05) is 29.8 Å². The van der Waals surface area contributed by atoms with Crippen molar-refractivity contribution in [3.8, 4) is 0 Å². The van der Waals surface area contributed by atoms with Crippen molar-refractivity contribution in [1.82, 2.24) is 9.88 Å². The summed E-state index contributed by atoms with van der Waals surface area (Å²) in [5.41, 5.74) is 1.83. The second kappa shape index (κ2) is 3.71. The van der Waals surface area contributed by atoms with E-state index < -0.39 is 5.91 Å². The minimum atomic E-state index is -0.457. The van der Waals surface area contributed by atoms with Gasteiger partial charge in [0.2, 0.25) is 0 Å². The molecule has 0 fully saturated rings. The Kier molecular flexibility index (Phi) is 2.28. The quantitative estimate of drug-likeness (QED) is 0.799. The topological polar surface area (TPSA) is 53.2 Å². The molecule has 0 saturated carbocycles. The number of nitrogens with one attached hydrogen (secondary N) is 1. The number of amides is 2. The van der Waals surface area contributed by atoms with Gasteiger partial charge in [0.25, 0.3) is 11.8 Å². The summed E-state index contributed by atoms with van der Waals surface area (Å²) < 4.78 is 0.